The van der Waals surface area contributed by atoms with Gasteiger partial charge in [0.2, 0.25) is 0 Å². The van der Waals surface area contributed by atoms with E-state index in [1.165, 1.54) is 0 Å². The molecule has 0 saturated carbocycles. The Labute approximate surface area is 61.9 Å². The van der Waals surface area contributed by atoms with E-state index >= 15 is 0 Å². The van der Waals surface area contributed by atoms with Crippen LogP contribution in [0.5, 0.6) is 0 Å². The number of halogens is 1. The first-order chi connectivity index (χ1) is 3.66. The van der Waals surface area contributed by atoms with Crippen LogP contribution in [-0.2, 0) is 0 Å². The first-order valence-electron chi connectivity index (χ1n) is 1.84. The number of aliphatic imine (C=N–C) groups is 1. The first-order valence-corrected chi connectivity index (χ1v) is 4.49. The summed E-state index contributed by atoms with van der Waals surface area (Å²) in [5.74, 6) is 0. The Morgan fingerprint density at radius 3 is 2.50 bits per heavy atom. The average Bonchev–Trinajstić information content (AvgIpc) is 1.65. The molecule has 0 aliphatic heterocycles. The SMILES string of the molecule is CN=C(N)[I-]C(=N)[Si]. The van der Waals surface area contributed by atoms with Crippen molar-refractivity contribution >= 4 is 17.4 Å². The molecule has 0 atom stereocenters. The van der Waals surface area contributed by atoms with Gasteiger partial charge in [-0.15, -0.1) is 0 Å². The van der Waals surface area contributed by atoms with Crippen LogP contribution in [0.4, 0.5) is 0 Å². The normalized spacial score (nSPS) is 12.0. The van der Waals surface area contributed by atoms with E-state index in [9.17, 15) is 0 Å². The zero-order chi connectivity index (χ0) is 6.57. The van der Waals surface area contributed by atoms with E-state index in [2.05, 4.69) is 15.2 Å². The molecule has 5 heteroatoms. The van der Waals surface area contributed by atoms with Gasteiger partial charge in [-0.1, -0.05) is 0 Å². The molecule has 0 aliphatic rings. The van der Waals surface area contributed by atoms with Crippen LogP contribution in [0.15, 0.2) is 4.99 Å². The van der Waals surface area contributed by atoms with Gasteiger partial charge in [0.05, 0.1) is 0 Å². The monoisotopic (exact) mass is 239 g/mol. The van der Waals surface area contributed by atoms with Gasteiger partial charge in [0.25, 0.3) is 0 Å². The van der Waals surface area contributed by atoms with Crippen LogP contribution in [0.25, 0.3) is 0 Å². The van der Waals surface area contributed by atoms with Crippen molar-refractivity contribution in [1.82, 2.24) is 0 Å². The van der Waals surface area contributed by atoms with Crippen molar-refractivity contribution in [2.75, 3.05) is 7.05 Å². The summed E-state index contributed by atoms with van der Waals surface area (Å²) >= 11 is -0.473. The predicted octanol–water partition coefficient (Wildman–Crippen LogP) is -3.88. The Balaban J connectivity index is 3.56. The van der Waals surface area contributed by atoms with Crippen molar-refractivity contribution in [3.63, 3.8) is 0 Å². The number of rotatable bonds is 2. The summed E-state index contributed by atoms with van der Waals surface area (Å²) in [6.07, 6.45) is 0. The van der Waals surface area contributed by atoms with E-state index in [1.54, 1.807) is 7.05 Å². The molecule has 0 unspecified atom stereocenters. The molecule has 0 rings (SSSR count). The molecular weight excluding hydrogens is 233 g/mol. The Morgan fingerprint density at radius 1 is 1.88 bits per heavy atom. The number of hydrogen-bond acceptors (Lipinski definition) is 2. The van der Waals surface area contributed by atoms with Gasteiger partial charge in [0, 0.05) is 0 Å². The van der Waals surface area contributed by atoms with Crippen LogP contribution in [0.2, 0.25) is 0 Å². The molecule has 0 aromatic rings. The third-order valence-corrected chi connectivity index (χ3v) is 2.61. The van der Waals surface area contributed by atoms with Crippen LogP contribution < -0.4 is 26.9 Å². The van der Waals surface area contributed by atoms with Gasteiger partial charge < -0.3 is 0 Å². The quantitative estimate of drug-likeness (QED) is 0.167. The van der Waals surface area contributed by atoms with Crippen molar-refractivity contribution in [2.45, 2.75) is 0 Å². The average molecular weight is 239 g/mol. The number of nitrogens with zero attached hydrogens (tertiary/aromatic N) is 1. The van der Waals surface area contributed by atoms with Gasteiger partial charge in [-0.25, -0.2) is 0 Å². The van der Waals surface area contributed by atoms with Gasteiger partial charge in [-0.3, -0.25) is 0 Å². The van der Waals surface area contributed by atoms with Gasteiger partial charge in [-0.05, 0) is 0 Å². The minimum absolute atomic E-state index is 0.465. The molecule has 0 aromatic carbocycles. The second-order valence-corrected chi connectivity index (χ2v) is 5.20. The fourth-order valence-electron chi connectivity index (χ4n) is 0.139. The summed E-state index contributed by atoms with van der Waals surface area (Å²) in [4.78, 5) is 3.70. The van der Waals surface area contributed by atoms with E-state index in [1.807, 2.05) is 0 Å². The third kappa shape index (κ3) is 4.25. The zero-order valence-corrected chi connectivity index (χ0v) is 7.56. The molecule has 8 heavy (non-hydrogen) atoms. The molecule has 3 nitrogen and oxygen atoms in total. The molecule has 3 N–H and O–H groups in total. The van der Waals surface area contributed by atoms with Gasteiger partial charge >= 0.3 is 61.8 Å². The number of nitrogens with two attached hydrogens (primary N) is 1. The summed E-state index contributed by atoms with van der Waals surface area (Å²) < 4.78 is 1.05. The second-order valence-electron chi connectivity index (χ2n) is 0.955. The molecule has 3 radical (unpaired) electrons. The predicted molar refractivity (Wildman–Crippen MR) is 31.0 cm³/mol. The van der Waals surface area contributed by atoms with Gasteiger partial charge in [0.15, 0.2) is 0 Å². The van der Waals surface area contributed by atoms with Crippen LogP contribution in [-0.4, -0.2) is 24.5 Å². The van der Waals surface area contributed by atoms with Crippen LogP contribution in [0.1, 0.15) is 0 Å². The van der Waals surface area contributed by atoms with E-state index in [-0.39, 0.29) is 0 Å². The molecule has 0 saturated heterocycles. The van der Waals surface area contributed by atoms with E-state index in [0.29, 0.717) is 7.18 Å². The summed E-state index contributed by atoms with van der Waals surface area (Å²) in [6.45, 7) is 0. The number of nitrogens with one attached hydrogen (secondary N) is 1. The Hall–Kier alpha value is 0.0869. The van der Waals surface area contributed by atoms with Crippen molar-refractivity contribution < 1.29 is 21.2 Å². The fourth-order valence-corrected chi connectivity index (χ4v) is 1.58. The molecule has 0 amide bonds. The summed E-state index contributed by atoms with van der Waals surface area (Å²) in [5.41, 5.74) is 5.30. The molecule has 0 spiro atoms. The maximum absolute atomic E-state index is 6.93. The number of amidine groups is 1. The van der Waals surface area contributed by atoms with Crippen LogP contribution in [0.3, 0.4) is 0 Å². The zero-order valence-electron chi connectivity index (χ0n) is 4.40. The standard InChI is InChI=1S/C3H6IN3Si/c1-7-2(5)4-3(6)8/h6H,1H3,(H2,5,7)/q-1. The summed E-state index contributed by atoms with van der Waals surface area (Å²) in [5, 5.41) is 6.93. The van der Waals surface area contributed by atoms with Crippen LogP contribution >= 0.6 is 0 Å². The topological polar surface area (TPSA) is 62.2 Å². The van der Waals surface area contributed by atoms with Crippen molar-refractivity contribution in [1.29, 1.82) is 5.41 Å². The molecule has 0 heterocycles. The van der Waals surface area contributed by atoms with Crippen LogP contribution in [0, 0.1) is 5.41 Å². The van der Waals surface area contributed by atoms with Crippen molar-refractivity contribution in [3.8, 4) is 0 Å². The second kappa shape index (κ2) is 4.01. The number of hydrogen-bond donors (Lipinski definition) is 2. The minimum atomic E-state index is -0.473. The molecule has 45 valence electrons. The van der Waals surface area contributed by atoms with Gasteiger partial charge in [0.1, 0.15) is 0 Å². The Bertz CT molecular complexity index is 122. The molecule has 0 fully saturated rings. The molecule has 0 aromatic heterocycles. The van der Waals surface area contributed by atoms with E-state index in [4.69, 9.17) is 11.1 Å². The summed E-state index contributed by atoms with van der Waals surface area (Å²) in [7, 11) is 4.66. The molecular formula is C3H6IN3Si-. The van der Waals surface area contributed by atoms with Crippen molar-refractivity contribution in [2.24, 2.45) is 10.7 Å². The van der Waals surface area contributed by atoms with E-state index < -0.39 is 21.2 Å². The third-order valence-electron chi connectivity index (χ3n) is 0.405. The summed E-state index contributed by atoms with van der Waals surface area (Å²) in [6, 6.07) is 0. The molecule has 0 bridgehead atoms. The van der Waals surface area contributed by atoms with Gasteiger partial charge in [-0.2, -0.15) is 0 Å². The Kier molecular flexibility index (Phi) is 4.06. The first kappa shape index (κ1) is 8.09. The Morgan fingerprint density at radius 2 is 2.38 bits per heavy atom. The van der Waals surface area contributed by atoms with E-state index in [0.717, 1.165) is 0 Å². The maximum atomic E-state index is 6.93. The van der Waals surface area contributed by atoms with Crippen molar-refractivity contribution in [3.05, 3.63) is 0 Å². The fraction of sp³-hybridized carbons (Fsp3) is 0.333. The molecule has 0 aliphatic carbocycles.